The summed E-state index contributed by atoms with van der Waals surface area (Å²) in [5, 5.41) is 7.05. The topological polar surface area (TPSA) is 48.9 Å². The number of ether oxygens (including phenoxy) is 1. The van der Waals surface area contributed by atoms with Crippen molar-refractivity contribution in [3.63, 3.8) is 0 Å². The number of likely N-dealkylation sites (tertiary alicyclic amines) is 1. The molecule has 1 aliphatic heterocycles. The van der Waals surface area contributed by atoms with Gasteiger partial charge in [0.25, 0.3) is 0 Å². The van der Waals surface area contributed by atoms with Crippen molar-refractivity contribution >= 4 is 5.96 Å². The van der Waals surface area contributed by atoms with Gasteiger partial charge in [0.2, 0.25) is 0 Å². The summed E-state index contributed by atoms with van der Waals surface area (Å²) in [5.41, 5.74) is 1.29. The molecule has 3 rings (SSSR count). The maximum atomic E-state index is 5.21. The lowest BCUT2D eigenvalue weighted by Crippen LogP contribution is -2.45. The predicted molar refractivity (Wildman–Crippen MR) is 108 cm³/mol. The van der Waals surface area contributed by atoms with E-state index in [-0.39, 0.29) is 0 Å². The van der Waals surface area contributed by atoms with E-state index in [1.165, 1.54) is 44.2 Å². The minimum absolute atomic E-state index is 0.523. The Morgan fingerprint density at radius 1 is 1.19 bits per heavy atom. The lowest BCUT2D eigenvalue weighted by Gasteiger charge is -2.24. The number of guanidine groups is 1. The first kappa shape index (κ1) is 19.0. The van der Waals surface area contributed by atoms with Crippen LogP contribution in [0.5, 0.6) is 5.75 Å². The molecule has 2 aliphatic rings. The van der Waals surface area contributed by atoms with Crippen molar-refractivity contribution in [2.24, 2.45) is 4.99 Å². The molecule has 1 aliphatic carbocycles. The molecule has 1 aromatic carbocycles. The van der Waals surface area contributed by atoms with E-state index in [2.05, 4.69) is 34.6 Å². The molecule has 0 spiro atoms. The number of hydrogen-bond donors (Lipinski definition) is 2. The van der Waals surface area contributed by atoms with Gasteiger partial charge in [-0.3, -0.25) is 9.89 Å². The van der Waals surface area contributed by atoms with Gasteiger partial charge in [-0.05, 0) is 50.3 Å². The van der Waals surface area contributed by atoms with E-state index in [9.17, 15) is 0 Å². The quantitative estimate of drug-likeness (QED) is 0.581. The molecule has 144 valence electrons. The van der Waals surface area contributed by atoms with Crippen LogP contribution in [0.2, 0.25) is 0 Å². The number of aliphatic imine (C=N–C) groups is 1. The number of methoxy groups -OCH3 is 1. The Bertz CT molecular complexity index is 566. The van der Waals surface area contributed by atoms with Gasteiger partial charge in [0.1, 0.15) is 5.75 Å². The van der Waals surface area contributed by atoms with Crippen LogP contribution < -0.4 is 15.4 Å². The summed E-state index contributed by atoms with van der Waals surface area (Å²) in [4.78, 5) is 7.47. The first-order chi connectivity index (χ1) is 12.8. The van der Waals surface area contributed by atoms with Crippen LogP contribution in [0.3, 0.4) is 0 Å². The third kappa shape index (κ3) is 5.37. The van der Waals surface area contributed by atoms with Gasteiger partial charge >= 0.3 is 0 Å². The molecule has 1 atom stereocenters. The fraction of sp³-hybridized carbons (Fsp3) is 0.667. The number of nitrogens with zero attached hydrogens (tertiary/aromatic N) is 2. The van der Waals surface area contributed by atoms with E-state index < -0.39 is 0 Å². The molecule has 2 fully saturated rings. The third-order valence-corrected chi connectivity index (χ3v) is 5.58. The van der Waals surface area contributed by atoms with Gasteiger partial charge < -0.3 is 15.4 Å². The number of benzene rings is 1. The maximum Gasteiger partial charge on any atom is 0.191 e. The van der Waals surface area contributed by atoms with Crippen LogP contribution in [0, 0.1) is 0 Å². The SMILES string of the molecule is CCNC(=NCCc1ccc(OC)cc1)NC1CCN(C2CCCC2)C1. The van der Waals surface area contributed by atoms with Gasteiger partial charge in [0, 0.05) is 38.3 Å². The molecule has 1 aromatic rings. The average molecular weight is 359 g/mol. The van der Waals surface area contributed by atoms with Crippen molar-refractivity contribution in [2.45, 2.75) is 57.5 Å². The predicted octanol–water partition coefficient (Wildman–Crippen LogP) is 2.81. The number of rotatable bonds is 7. The van der Waals surface area contributed by atoms with Crippen molar-refractivity contribution in [2.75, 3.05) is 33.3 Å². The Kier molecular flexibility index (Phi) is 7.18. The van der Waals surface area contributed by atoms with Crippen LogP contribution in [0.25, 0.3) is 0 Å². The van der Waals surface area contributed by atoms with Crippen LogP contribution >= 0.6 is 0 Å². The van der Waals surface area contributed by atoms with E-state index >= 15 is 0 Å². The van der Waals surface area contributed by atoms with Crippen molar-refractivity contribution in [3.8, 4) is 5.75 Å². The fourth-order valence-corrected chi connectivity index (χ4v) is 4.11. The van der Waals surface area contributed by atoms with Crippen LogP contribution in [0.15, 0.2) is 29.3 Å². The first-order valence-electron chi connectivity index (χ1n) is 10.2. The molecule has 5 heteroatoms. The zero-order chi connectivity index (χ0) is 18.2. The summed E-state index contributed by atoms with van der Waals surface area (Å²) in [6.07, 6.45) is 7.77. The van der Waals surface area contributed by atoms with Gasteiger partial charge in [-0.25, -0.2) is 0 Å². The average Bonchev–Trinajstić information content (AvgIpc) is 3.34. The van der Waals surface area contributed by atoms with Crippen LogP contribution in [-0.2, 0) is 6.42 Å². The molecule has 2 N–H and O–H groups in total. The molecule has 1 unspecified atom stereocenters. The lowest BCUT2D eigenvalue weighted by molar-refractivity contribution is 0.242. The highest BCUT2D eigenvalue weighted by Gasteiger charge is 2.30. The Morgan fingerprint density at radius 3 is 2.65 bits per heavy atom. The highest BCUT2D eigenvalue weighted by molar-refractivity contribution is 5.80. The Morgan fingerprint density at radius 2 is 1.96 bits per heavy atom. The Hall–Kier alpha value is -1.75. The minimum Gasteiger partial charge on any atom is -0.497 e. The molecule has 0 aromatic heterocycles. The zero-order valence-electron chi connectivity index (χ0n) is 16.3. The van der Waals surface area contributed by atoms with Crippen LogP contribution in [-0.4, -0.2) is 56.2 Å². The van der Waals surface area contributed by atoms with Gasteiger partial charge in [-0.15, -0.1) is 0 Å². The first-order valence-corrected chi connectivity index (χ1v) is 10.2. The van der Waals surface area contributed by atoms with Gasteiger partial charge in [-0.1, -0.05) is 25.0 Å². The molecular formula is C21H34N4O. The van der Waals surface area contributed by atoms with E-state index in [0.29, 0.717) is 6.04 Å². The molecular weight excluding hydrogens is 324 g/mol. The summed E-state index contributed by atoms with van der Waals surface area (Å²) in [6, 6.07) is 9.61. The minimum atomic E-state index is 0.523. The Labute approximate surface area is 158 Å². The third-order valence-electron chi connectivity index (χ3n) is 5.58. The fourth-order valence-electron chi connectivity index (χ4n) is 4.11. The molecule has 0 bridgehead atoms. The van der Waals surface area contributed by atoms with Gasteiger partial charge in [0.15, 0.2) is 5.96 Å². The molecule has 0 amide bonds. The smallest absolute Gasteiger partial charge is 0.191 e. The molecule has 1 saturated carbocycles. The molecule has 1 heterocycles. The van der Waals surface area contributed by atoms with E-state index in [0.717, 1.165) is 43.8 Å². The Balaban J connectivity index is 1.47. The van der Waals surface area contributed by atoms with Gasteiger partial charge in [0.05, 0.1) is 7.11 Å². The second kappa shape index (κ2) is 9.81. The van der Waals surface area contributed by atoms with Crippen molar-refractivity contribution in [3.05, 3.63) is 29.8 Å². The number of nitrogens with one attached hydrogen (secondary N) is 2. The monoisotopic (exact) mass is 358 g/mol. The highest BCUT2D eigenvalue weighted by Crippen LogP contribution is 2.26. The van der Waals surface area contributed by atoms with Crippen LogP contribution in [0.1, 0.15) is 44.6 Å². The standard InChI is InChI=1S/C21H34N4O/c1-3-22-21(23-14-12-17-8-10-20(26-2)11-9-17)24-18-13-15-25(16-18)19-6-4-5-7-19/h8-11,18-19H,3-7,12-16H2,1-2H3,(H2,22,23,24). The molecule has 5 nitrogen and oxygen atoms in total. The maximum absolute atomic E-state index is 5.21. The second-order valence-electron chi connectivity index (χ2n) is 7.42. The lowest BCUT2D eigenvalue weighted by atomic mass is 10.1. The van der Waals surface area contributed by atoms with E-state index in [1.54, 1.807) is 7.11 Å². The molecule has 1 saturated heterocycles. The van der Waals surface area contributed by atoms with Crippen molar-refractivity contribution in [1.82, 2.24) is 15.5 Å². The van der Waals surface area contributed by atoms with Crippen molar-refractivity contribution < 1.29 is 4.74 Å². The zero-order valence-corrected chi connectivity index (χ0v) is 16.3. The normalized spacial score (nSPS) is 21.9. The largest absolute Gasteiger partial charge is 0.497 e. The summed E-state index contributed by atoms with van der Waals surface area (Å²) < 4.78 is 5.21. The summed E-state index contributed by atoms with van der Waals surface area (Å²) in [5.74, 6) is 1.86. The van der Waals surface area contributed by atoms with Crippen LogP contribution in [0.4, 0.5) is 0 Å². The summed E-state index contributed by atoms with van der Waals surface area (Å²) >= 11 is 0. The van der Waals surface area contributed by atoms with E-state index in [1.807, 2.05) is 12.1 Å². The second-order valence-corrected chi connectivity index (χ2v) is 7.42. The molecule has 0 radical (unpaired) electrons. The van der Waals surface area contributed by atoms with Crippen molar-refractivity contribution in [1.29, 1.82) is 0 Å². The number of hydrogen-bond acceptors (Lipinski definition) is 3. The molecule has 26 heavy (non-hydrogen) atoms. The van der Waals surface area contributed by atoms with Gasteiger partial charge in [-0.2, -0.15) is 0 Å². The summed E-state index contributed by atoms with van der Waals surface area (Å²) in [7, 11) is 1.70. The summed E-state index contributed by atoms with van der Waals surface area (Å²) in [6.45, 7) is 6.20. The van der Waals surface area contributed by atoms with E-state index in [4.69, 9.17) is 9.73 Å². The highest BCUT2D eigenvalue weighted by atomic mass is 16.5.